The number of nitrogens with zero attached hydrogens (tertiary/aromatic N) is 2. The molecule has 1 aliphatic heterocycles. The number of aliphatic hydroxyl groups is 1. The van der Waals surface area contributed by atoms with Gasteiger partial charge in [0.25, 0.3) is 0 Å². The maximum absolute atomic E-state index is 15.4. The number of nitrogens with two attached hydrogens (primary N) is 1. The second-order valence-electron chi connectivity index (χ2n) is 9.53. The molecule has 1 saturated heterocycles. The first-order valence-electron chi connectivity index (χ1n) is 11.0. The van der Waals surface area contributed by atoms with Crippen LogP contribution in [0.5, 0.6) is 0 Å². The van der Waals surface area contributed by atoms with E-state index in [0.29, 0.717) is 12.8 Å². The topological polar surface area (TPSA) is 95.2 Å². The van der Waals surface area contributed by atoms with E-state index in [1.54, 1.807) is 18.7 Å². The fourth-order valence-electron chi connectivity index (χ4n) is 5.19. The molecule has 9 heteroatoms. The lowest BCUT2D eigenvalue weighted by Crippen LogP contribution is -2.59. The Balaban J connectivity index is 1.53. The van der Waals surface area contributed by atoms with E-state index in [9.17, 15) is 14.3 Å². The lowest BCUT2D eigenvalue weighted by molar-refractivity contribution is -0.152. The van der Waals surface area contributed by atoms with Gasteiger partial charge in [0.15, 0.2) is 5.82 Å². The summed E-state index contributed by atoms with van der Waals surface area (Å²) < 4.78 is 45.2. The molecular formula is C24H25F3N4O2. The van der Waals surface area contributed by atoms with Gasteiger partial charge in [-0.1, -0.05) is 13.8 Å². The number of carbonyl (C=O) groups is 1. The maximum atomic E-state index is 15.4. The number of pyridine rings is 1. The van der Waals surface area contributed by atoms with Crippen LogP contribution >= 0.6 is 0 Å². The summed E-state index contributed by atoms with van der Waals surface area (Å²) in [5, 5.41) is 11.7. The van der Waals surface area contributed by atoms with Gasteiger partial charge in [-0.25, -0.2) is 18.2 Å². The molecule has 0 radical (unpaired) electrons. The molecule has 1 unspecified atom stereocenters. The summed E-state index contributed by atoms with van der Waals surface area (Å²) in [5.74, 6) is -3.90. The molecule has 3 heterocycles. The highest BCUT2D eigenvalue weighted by Gasteiger charge is 2.54. The summed E-state index contributed by atoms with van der Waals surface area (Å²) >= 11 is 0. The summed E-state index contributed by atoms with van der Waals surface area (Å²) in [5.41, 5.74) is 3.61. The number of rotatable bonds is 3. The van der Waals surface area contributed by atoms with Crippen molar-refractivity contribution in [3.8, 4) is 11.1 Å². The normalized spacial score (nSPS) is 26.6. The van der Waals surface area contributed by atoms with Gasteiger partial charge in [-0.2, -0.15) is 0 Å². The molecule has 0 bridgehead atoms. The number of aromatic amines is 1. The minimum absolute atomic E-state index is 0.132. The predicted molar refractivity (Wildman–Crippen MR) is 116 cm³/mol. The van der Waals surface area contributed by atoms with Crippen LogP contribution in [0.3, 0.4) is 0 Å². The summed E-state index contributed by atoms with van der Waals surface area (Å²) in [4.78, 5) is 21.0. The smallest absolute Gasteiger partial charge is 0.242 e. The molecule has 0 spiro atoms. The van der Waals surface area contributed by atoms with Crippen molar-refractivity contribution in [2.24, 2.45) is 17.6 Å². The first kappa shape index (κ1) is 21.9. The lowest BCUT2D eigenvalue weighted by Gasteiger charge is -2.48. The number of halogens is 3. The molecule has 33 heavy (non-hydrogen) atoms. The average Bonchev–Trinajstić information content (AvgIpc) is 3.41. The van der Waals surface area contributed by atoms with Crippen LogP contribution < -0.4 is 5.73 Å². The van der Waals surface area contributed by atoms with Crippen LogP contribution in [-0.4, -0.2) is 44.5 Å². The number of amides is 1. The highest BCUT2D eigenvalue weighted by atomic mass is 19.1. The Hall–Kier alpha value is -2.91. The molecule has 3 aromatic rings. The number of fused-ring (bicyclic) bond motifs is 1. The number of piperidine rings is 1. The predicted octanol–water partition coefficient (Wildman–Crippen LogP) is 3.44. The Kier molecular flexibility index (Phi) is 4.84. The second kappa shape index (κ2) is 7.30. The van der Waals surface area contributed by atoms with Gasteiger partial charge in [-0.15, -0.1) is 0 Å². The van der Waals surface area contributed by atoms with Crippen LogP contribution in [0, 0.1) is 29.3 Å². The van der Waals surface area contributed by atoms with Crippen LogP contribution in [0.1, 0.15) is 32.3 Å². The third-order valence-electron chi connectivity index (χ3n) is 7.27. The van der Waals surface area contributed by atoms with Crippen molar-refractivity contribution in [2.75, 3.05) is 13.1 Å². The van der Waals surface area contributed by atoms with Crippen molar-refractivity contribution in [3.05, 3.63) is 53.6 Å². The fourth-order valence-corrected chi connectivity index (χ4v) is 5.19. The van der Waals surface area contributed by atoms with Crippen LogP contribution in [0.15, 0.2) is 30.6 Å². The van der Waals surface area contributed by atoms with E-state index in [1.165, 1.54) is 12.3 Å². The van der Waals surface area contributed by atoms with E-state index >= 15 is 8.78 Å². The number of hydrogen-bond donors (Lipinski definition) is 3. The first-order chi connectivity index (χ1) is 15.6. The number of likely N-dealkylation sites (tertiary alicyclic amines) is 1. The maximum Gasteiger partial charge on any atom is 0.242 e. The largest absolute Gasteiger partial charge is 0.384 e. The van der Waals surface area contributed by atoms with Gasteiger partial charge in [0, 0.05) is 37.3 Å². The van der Waals surface area contributed by atoms with E-state index in [-0.39, 0.29) is 41.2 Å². The molecule has 1 saturated carbocycles. The second-order valence-corrected chi connectivity index (χ2v) is 9.53. The van der Waals surface area contributed by atoms with Crippen molar-refractivity contribution in [1.82, 2.24) is 14.9 Å². The van der Waals surface area contributed by atoms with Gasteiger partial charge in [-0.3, -0.25) is 4.79 Å². The molecular weight excluding hydrogens is 433 g/mol. The highest BCUT2D eigenvalue weighted by molar-refractivity contribution is 5.93. The van der Waals surface area contributed by atoms with E-state index in [0.717, 1.165) is 18.3 Å². The first-order valence-corrected chi connectivity index (χ1v) is 11.0. The molecule has 174 valence electrons. The SMILES string of the molecule is C[C@@H]1CN(C(=O)C2(N)CC2)C[C@H](C)C1(O)c1c(F)cc(-c2ccnc3[nH]cc(F)c23)cc1F. The number of H-pyrrole nitrogens is 1. The van der Waals surface area contributed by atoms with Gasteiger partial charge >= 0.3 is 0 Å². The Bertz CT molecular complexity index is 1230. The Morgan fingerprint density at radius 1 is 1.15 bits per heavy atom. The fraction of sp³-hybridized carbons (Fsp3) is 0.417. The number of nitrogens with one attached hydrogen (secondary N) is 1. The van der Waals surface area contributed by atoms with Crippen LogP contribution in [-0.2, 0) is 10.4 Å². The average molecular weight is 458 g/mol. The van der Waals surface area contributed by atoms with Crippen molar-refractivity contribution in [1.29, 1.82) is 0 Å². The van der Waals surface area contributed by atoms with Crippen LogP contribution in [0.25, 0.3) is 22.2 Å². The van der Waals surface area contributed by atoms with Gasteiger partial charge in [0.2, 0.25) is 5.91 Å². The van der Waals surface area contributed by atoms with E-state index in [1.807, 2.05) is 0 Å². The molecule has 2 aromatic heterocycles. The molecule has 4 N–H and O–H groups in total. The third kappa shape index (κ3) is 3.25. The minimum Gasteiger partial charge on any atom is -0.384 e. The summed E-state index contributed by atoms with van der Waals surface area (Å²) in [6.07, 6.45) is 3.79. The molecule has 1 aromatic carbocycles. The number of aromatic nitrogens is 2. The van der Waals surface area contributed by atoms with Crippen LogP contribution in [0.4, 0.5) is 13.2 Å². The van der Waals surface area contributed by atoms with Crippen molar-refractivity contribution >= 4 is 16.9 Å². The zero-order valence-corrected chi connectivity index (χ0v) is 18.3. The van der Waals surface area contributed by atoms with Gasteiger partial charge < -0.3 is 20.7 Å². The van der Waals surface area contributed by atoms with Gasteiger partial charge in [0.05, 0.1) is 16.5 Å². The standard InChI is InChI=1S/C24H25F3N4O2/c1-12-10-31(22(32)23(28)4-5-23)11-13(2)24(12,33)20-16(25)7-14(8-17(20)26)15-3-6-29-21-19(15)18(27)9-30-21/h3,6-9,12-13,33H,4-5,10-11,28H2,1-2H3,(H,29,30)/t12-,13+,24?. The van der Waals surface area contributed by atoms with E-state index < -0.39 is 46.0 Å². The molecule has 2 aliphatic rings. The molecule has 5 rings (SSSR count). The summed E-state index contributed by atoms with van der Waals surface area (Å²) in [6.45, 7) is 3.61. The van der Waals surface area contributed by atoms with E-state index in [2.05, 4.69) is 9.97 Å². The number of carbonyl (C=O) groups excluding carboxylic acids is 1. The number of benzene rings is 1. The molecule has 1 amide bonds. The van der Waals surface area contributed by atoms with Gasteiger partial charge in [0.1, 0.15) is 22.9 Å². The monoisotopic (exact) mass is 458 g/mol. The zero-order valence-electron chi connectivity index (χ0n) is 18.3. The van der Waals surface area contributed by atoms with Crippen molar-refractivity contribution in [2.45, 2.75) is 37.8 Å². The third-order valence-corrected chi connectivity index (χ3v) is 7.27. The van der Waals surface area contributed by atoms with Crippen LogP contribution in [0.2, 0.25) is 0 Å². The molecule has 6 nitrogen and oxygen atoms in total. The Morgan fingerprint density at radius 2 is 1.76 bits per heavy atom. The van der Waals surface area contributed by atoms with Crippen molar-refractivity contribution < 1.29 is 23.1 Å². The molecule has 3 atom stereocenters. The van der Waals surface area contributed by atoms with E-state index in [4.69, 9.17) is 5.73 Å². The summed E-state index contributed by atoms with van der Waals surface area (Å²) in [7, 11) is 0. The molecule has 1 aliphatic carbocycles. The Labute approximate surface area is 188 Å². The quantitative estimate of drug-likeness (QED) is 0.560. The molecule has 2 fully saturated rings. The Morgan fingerprint density at radius 3 is 2.33 bits per heavy atom. The zero-order chi connectivity index (χ0) is 23.7. The lowest BCUT2D eigenvalue weighted by atomic mass is 9.70. The highest BCUT2D eigenvalue weighted by Crippen LogP contribution is 2.46. The number of hydrogen-bond acceptors (Lipinski definition) is 4. The minimum atomic E-state index is -1.83. The van der Waals surface area contributed by atoms with Crippen molar-refractivity contribution in [3.63, 3.8) is 0 Å². The summed E-state index contributed by atoms with van der Waals surface area (Å²) in [6, 6.07) is 3.69. The van der Waals surface area contributed by atoms with Gasteiger partial charge in [-0.05, 0) is 42.2 Å².